The maximum Gasteiger partial charge on any atom is 0.407 e. The Kier molecular flexibility index (Phi) is 10.5. The second-order valence-corrected chi connectivity index (χ2v) is 10.6. The van der Waals surface area contributed by atoms with E-state index < -0.39 is 35.4 Å². The van der Waals surface area contributed by atoms with E-state index in [0.717, 1.165) is 0 Å². The summed E-state index contributed by atoms with van der Waals surface area (Å²) in [7, 11) is 4.23. The largest absolute Gasteiger partial charge is 0.496 e. The number of methoxy groups -OCH3 is 3. The van der Waals surface area contributed by atoms with Gasteiger partial charge in [-0.1, -0.05) is 13.0 Å². The number of alkyl carbamates (subject to hydrolysis) is 1. The van der Waals surface area contributed by atoms with Gasteiger partial charge in [-0.3, -0.25) is 4.79 Å². The Morgan fingerprint density at radius 2 is 1.62 bits per heavy atom. The number of esters is 1. The molecule has 3 aromatic rings. The molecule has 2 atom stereocenters. The number of carbonyl (C=O) groups is 3. The van der Waals surface area contributed by atoms with Crippen molar-refractivity contribution in [3.05, 3.63) is 60.0 Å². The average molecular weight is 585 g/mol. The Morgan fingerprint density at radius 1 is 1.00 bits per heavy atom. The highest BCUT2D eigenvalue weighted by atomic mass is 19.1. The van der Waals surface area contributed by atoms with Crippen LogP contribution in [0.25, 0.3) is 16.9 Å². The van der Waals surface area contributed by atoms with Crippen molar-refractivity contribution in [2.45, 2.75) is 45.8 Å². The van der Waals surface area contributed by atoms with Gasteiger partial charge in [0, 0.05) is 6.54 Å². The molecule has 2 N–H and O–H groups in total. The van der Waals surface area contributed by atoms with Gasteiger partial charge in [0.15, 0.2) is 5.69 Å². The van der Waals surface area contributed by atoms with Crippen LogP contribution in [0.15, 0.2) is 48.5 Å². The molecule has 0 aliphatic heterocycles. The third-order valence-corrected chi connectivity index (χ3v) is 6.12. The minimum absolute atomic E-state index is 0.0179. The zero-order chi connectivity index (χ0) is 31.0. The number of hydrogen-bond acceptors (Lipinski definition) is 8. The van der Waals surface area contributed by atoms with Crippen LogP contribution >= 0.6 is 0 Å². The highest BCUT2D eigenvalue weighted by molar-refractivity contribution is 5.96. The van der Waals surface area contributed by atoms with Gasteiger partial charge in [-0.2, -0.15) is 5.10 Å². The second-order valence-electron chi connectivity index (χ2n) is 10.6. The molecule has 0 aliphatic carbocycles. The van der Waals surface area contributed by atoms with Gasteiger partial charge in [-0.15, -0.1) is 0 Å². The van der Waals surface area contributed by atoms with Gasteiger partial charge in [-0.05, 0) is 75.6 Å². The molecule has 2 aromatic carbocycles. The van der Waals surface area contributed by atoms with Crippen molar-refractivity contribution in [1.82, 2.24) is 20.4 Å². The molecule has 3 rings (SSSR count). The molecule has 0 aliphatic rings. The number of halogens is 1. The smallest absolute Gasteiger partial charge is 0.407 e. The molecule has 2 amide bonds. The van der Waals surface area contributed by atoms with Crippen molar-refractivity contribution in [2.75, 3.05) is 27.9 Å². The number of benzene rings is 2. The number of nitrogens with zero attached hydrogens (tertiary/aromatic N) is 2. The maximum absolute atomic E-state index is 13.7. The molecule has 0 radical (unpaired) electrons. The van der Waals surface area contributed by atoms with Crippen LogP contribution in [-0.2, 0) is 14.3 Å². The molecular formula is C30H37FN4O7. The minimum Gasteiger partial charge on any atom is -0.496 e. The summed E-state index contributed by atoms with van der Waals surface area (Å²) in [5, 5.41) is 9.86. The summed E-state index contributed by atoms with van der Waals surface area (Å²) < 4.78 is 36.5. The summed E-state index contributed by atoms with van der Waals surface area (Å²) >= 11 is 0. The van der Waals surface area contributed by atoms with Crippen molar-refractivity contribution in [1.29, 1.82) is 0 Å². The van der Waals surface area contributed by atoms with Gasteiger partial charge in [0.25, 0.3) is 5.91 Å². The lowest BCUT2D eigenvalue weighted by atomic mass is 10.0. The maximum atomic E-state index is 13.7. The van der Waals surface area contributed by atoms with Crippen LogP contribution in [0.5, 0.6) is 11.5 Å². The van der Waals surface area contributed by atoms with E-state index in [1.807, 2.05) is 6.92 Å². The molecule has 42 heavy (non-hydrogen) atoms. The van der Waals surface area contributed by atoms with Crippen LogP contribution in [0, 0.1) is 11.7 Å². The molecule has 0 spiro atoms. The van der Waals surface area contributed by atoms with Crippen LogP contribution in [0.2, 0.25) is 0 Å². The fourth-order valence-corrected chi connectivity index (χ4v) is 4.20. The van der Waals surface area contributed by atoms with Crippen LogP contribution in [0.1, 0.15) is 44.6 Å². The minimum atomic E-state index is -1.03. The fourth-order valence-electron chi connectivity index (χ4n) is 4.20. The molecule has 1 heterocycles. The van der Waals surface area contributed by atoms with Gasteiger partial charge in [0.2, 0.25) is 0 Å². The fraction of sp³-hybridized carbons (Fsp3) is 0.400. The third kappa shape index (κ3) is 8.21. The van der Waals surface area contributed by atoms with E-state index in [1.165, 1.54) is 56.3 Å². The first-order valence-electron chi connectivity index (χ1n) is 13.3. The number of ether oxygens (including phenoxy) is 4. The zero-order valence-electron chi connectivity index (χ0n) is 24.8. The van der Waals surface area contributed by atoms with Gasteiger partial charge >= 0.3 is 12.1 Å². The Hall–Kier alpha value is -4.61. The normalized spacial score (nSPS) is 12.6. The van der Waals surface area contributed by atoms with E-state index in [0.29, 0.717) is 28.4 Å². The topological polar surface area (TPSA) is 130 Å². The predicted molar refractivity (Wildman–Crippen MR) is 153 cm³/mol. The number of hydrogen-bond donors (Lipinski definition) is 2. The van der Waals surface area contributed by atoms with Crippen molar-refractivity contribution in [3.63, 3.8) is 0 Å². The molecule has 2 unspecified atom stereocenters. The number of amides is 2. The lowest BCUT2D eigenvalue weighted by Gasteiger charge is -2.22. The summed E-state index contributed by atoms with van der Waals surface area (Å²) in [6.07, 6.45) is -0.418. The van der Waals surface area contributed by atoms with Gasteiger partial charge in [-0.25, -0.2) is 18.7 Å². The lowest BCUT2D eigenvalue weighted by Crippen LogP contribution is -2.44. The SMILES string of the molecule is COC(=O)C(CC(C)CNC(=O)OC(C)(C)C)NC(=O)c1cc(-c2c(OC)cccc2OC)n(-c2ccc(F)cc2)n1. The highest BCUT2D eigenvalue weighted by Gasteiger charge is 2.28. The predicted octanol–water partition coefficient (Wildman–Crippen LogP) is 4.52. The molecule has 0 saturated heterocycles. The van der Waals surface area contributed by atoms with Crippen LogP contribution in [0.3, 0.4) is 0 Å². The number of carbonyl (C=O) groups excluding carboxylic acids is 3. The Balaban J connectivity index is 1.91. The molecular weight excluding hydrogens is 547 g/mol. The Labute approximate surface area is 244 Å². The van der Waals surface area contributed by atoms with E-state index in [9.17, 15) is 18.8 Å². The molecule has 0 fully saturated rings. The first-order chi connectivity index (χ1) is 19.9. The number of nitrogens with one attached hydrogen (secondary N) is 2. The van der Waals surface area contributed by atoms with Crippen molar-refractivity contribution in [2.24, 2.45) is 5.92 Å². The molecule has 0 saturated carbocycles. The number of aromatic nitrogens is 2. The molecule has 1 aromatic heterocycles. The van der Waals surface area contributed by atoms with Crippen molar-refractivity contribution < 1.29 is 37.7 Å². The standard InChI is InChI=1S/C30H37FN4O7/c1-18(17-32-29(38)42-30(2,3)4)15-22(28(37)41-7)33-27(36)21-16-23(26-24(39-5)9-8-10-25(26)40-6)35(34-21)20-13-11-19(31)12-14-20/h8-14,16,18,22H,15,17H2,1-7H3,(H,32,38)(H,33,36). The van der Waals surface area contributed by atoms with Crippen molar-refractivity contribution >= 4 is 18.0 Å². The van der Waals surface area contributed by atoms with E-state index in [2.05, 4.69) is 15.7 Å². The summed E-state index contributed by atoms with van der Waals surface area (Å²) in [4.78, 5) is 38.1. The highest BCUT2D eigenvalue weighted by Crippen LogP contribution is 2.39. The van der Waals surface area contributed by atoms with Crippen LogP contribution < -0.4 is 20.1 Å². The van der Waals surface area contributed by atoms with Crippen LogP contribution in [0.4, 0.5) is 9.18 Å². The lowest BCUT2D eigenvalue weighted by molar-refractivity contribution is -0.143. The van der Waals surface area contributed by atoms with E-state index in [4.69, 9.17) is 18.9 Å². The first kappa shape index (κ1) is 31.9. The Morgan fingerprint density at radius 3 is 2.17 bits per heavy atom. The van der Waals surface area contributed by atoms with Crippen LogP contribution in [-0.4, -0.2) is 67.3 Å². The van der Waals surface area contributed by atoms with Gasteiger partial charge in [0.05, 0.1) is 38.3 Å². The molecule has 12 heteroatoms. The van der Waals surface area contributed by atoms with E-state index in [1.54, 1.807) is 39.0 Å². The monoisotopic (exact) mass is 584 g/mol. The molecule has 0 bridgehead atoms. The number of rotatable bonds is 11. The van der Waals surface area contributed by atoms with Gasteiger partial charge < -0.3 is 29.6 Å². The van der Waals surface area contributed by atoms with E-state index >= 15 is 0 Å². The zero-order valence-corrected chi connectivity index (χ0v) is 24.8. The summed E-state index contributed by atoms with van der Waals surface area (Å²) in [5.41, 5.74) is 0.760. The average Bonchev–Trinajstić information content (AvgIpc) is 3.39. The Bertz CT molecular complexity index is 1380. The second kappa shape index (κ2) is 13.8. The summed E-state index contributed by atoms with van der Waals surface area (Å²) in [5.74, 6) is -1.04. The summed E-state index contributed by atoms with van der Waals surface area (Å²) in [6.45, 7) is 7.28. The molecule has 11 nitrogen and oxygen atoms in total. The van der Waals surface area contributed by atoms with E-state index in [-0.39, 0.29) is 24.6 Å². The quantitative estimate of drug-likeness (QED) is 0.315. The third-order valence-electron chi connectivity index (χ3n) is 6.12. The summed E-state index contributed by atoms with van der Waals surface area (Å²) in [6, 6.07) is 11.3. The van der Waals surface area contributed by atoms with Gasteiger partial charge in [0.1, 0.15) is 29.0 Å². The first-order valence-corrected chi connectivity index (χ1v) is 13.3. The van der Waals surface area contributed by atoms with Crippen molar-refractivity contribution in [3.8, 4) is 28.4 Å². The molecule has 226 valence electrons.